The van der Waals surface area contributed by atoms with Crippen LogP contribution in [0, 0.1) is 0 Å². The van der Waals surface area contributed by atoms with E-state index >= 15 is 0 Å². The van der Waals surface area contributed by atoms with Gasteiger partial charge in [0.1, 0.15) is 5.75 Å². The molecule has 5 heteroatoms. The summed E-state index contributed by atoms with van der Waals surface area (Å²) < 4.78 is 5.64. The molecule has 3 aromatic carbocycles. The summed E-state index contributed by atoms with van der Waals surface area (Å²) in [4.78, 5) is 20.6. The zero-order chi connectivity index (χ0) is 17.8. The first-order valence-corrected chi connectivity index (χ1v) is 8.12. The fourth-order valence-corrected chi connectivity index (χ4v) is 2.63. The van der Waals surface area contributed by atoms with Crippen molar-refractivity contribution >= 4 is 22.4 Å². The molecule has 0 unspecified atom stereocenters. The monoisotopic (exact) mass is 341 g/mol. The van der Waals surface area contributed by atoms with Crippen LogP contribution < -0.4 is 10.1 Å². The fourth-order valence-electron chi connectivity index (χ4n) is 2.63. The van der Waals surface area contributed by atoms with Gasteiger partial charge in [-0.3, -0.25) is 9.78 Å². The van der Waals surface area contributed by atoms with Crippen LogP contribution in [0.2, 0.25) is 0 Å². The molecule has 0 radical (unpaired) electrons. The van der Waals surface area contributed by atoms with Gasteiger partial charge in [-0.25, -0.2) is 4.98 Å². The Morgan fingerprint density at radius 3 is 2.62 bits per heavy atom. The molecule has 4 rings (SSSR count). The molecule has 0 saturated carbocycles. The Balaban J connectivity index is 1.52. The van der Waals surface area contributed by atoms with Crippen LogP contribution in [0.25, 0.3) is 10.8 Å². The van der Waals surface area contributed by atoms with E-state index in [4.69, 9.17) is 4.74 Å². The van der Waals surface area contributed by atoms with E-state index in [1.54, 1.807) is 24.5 Å². The number of amides is 1. The highest BCUT2D eigenvalue weighted by molar-refractivity contribution is 6.06. The Kier molecular flexibility index (Phi) is 4.26. The molecule has 0 atom stereocenters. The van der Waals surface area contributed by atoms with Gasteiger partial charge in [0.05, 0.1) is 6.20 Å². The average molecular weight is 341 g/mol. The Bertz CT molecular complexity index is 1060. The lowest BCUT2D eigenvalue weighted by Crippen LogP contribution is -2.11. The summed E-state index contributed by atoms with van der Waals surface area (Å²) in [6, 6.07) is 20.7. The highest BCUT2D eigenvalue weighted by atomic mass is 16.5. The number of carbonyl (C=O) groups excluding carboxylic acids is 1. The second-order valence-electron chi connectivity index (χ2n) is 5.69. The predicted octanol–water partition coefficient (Wildman–Crippen LogP) is 4.67. The summed E-state index contributed by atoms with van der Waals surface area (Å²) in [5, 5.41) is 5.02. The SMILES string of the molecule is O=C(Nc1cccc(Oc2cnccn2)c1)c1ccc2ccccc2c1. The normalized spacial score (nSPS) is 10.5. The summed E-state index contributed by atoms with van der Waals surface area (Å²) in [6.45, 7) is 0. The Hall–Kier alpha value is -3.73. The molecule has 4 aromatic rings. The molecule has 1 aromatic heterocycles. The van der Waals surface area contributed by atoms with Crippen LogP contribution in [0.5, 0.6) is 11.6 Å². The van der Waals surface area contributed by atoms with Crippen molar-refractivity contribution in [2.45, 2.75) is 0 Å². The number of anilines is 1. The third kappa shape index (κ3) is 3.52. The second-order valence-corrected chi connectivity index (χ2v) is 5.69. The lowest BCUT2D eigenvalue weighted by Gasteiger charge is -2.09. The van der Waals surface area contributed by atoms with E-state index in [1.807, 2.05) is 54.6 Å². The maximum absolute atomic E-state index is 12.6. The van der Waals surface area contributed by atoms with E-state index in [1.165, 1.54) is 6.20 Å². The number of aromatic nitrogens is 2. The van der Waals surface area contributed by atoms with Gasteiger partial charge in [0.2, 0.25) is 5.88 Å². The van der Waals surface area contributed by atoms with Gasteiger partial charge in [-0.15, -0.1) is 0 Å². The van der Waals surface area contributed by atoms with Crippen molar-refractivity contribution in [3.8, 4) is 11.6 Å². The zero-order valence-electron chi connectivity index (χ0n) is 13.8. The van der Waals surface area contributed by atoms with Gasteiger partial charge in [0.15, 0.2) is 0 Å². The maximum Gasteiger partial charge on any atom is 0.255 e. The van der Waals surface area contributed by atoms with Gasteiger partial charge in [0, 0.05) is 29.7 Å². The van der Waals surface area contributed by atoms with Gasteiger partial charge in [-0.1, -0.05) is 36.4 Å². The van der Waals surface area contributed by atoms with Crippen LogP contribution >= 0.6 is 0 Å². The highest BCUT2D eigenvalue weighted by Gasteiger charge is 2.08. The molecule has 0 aliphatic heterocycles. The molecule has 0 saturated heterocycles. The highest BCUT2D eigenvalue weighted by Crippen LogP contribution is 2.23. The third-order valence-corrected chi connectivity index (χ3v) is 3.87. The number of ether oxygens (including phenoxy) is 1. The van der Waals surface area contributed by atoms with Crippen molar-refractivity contribution in [1.82, 2.24) is 9.97 Å². The summed E-state index contributed by atoms with van der Waals surface area (Å²) >= 11 is 0. The Labute approximate surface area is 150 Å². The molecule has 26 heavy (non-hydrogen) atoms. The summed E-state index contributed by atoms with van der Waals surface area (Å²) in [6.07, 6.45) is 4.66. The van der Waals surface area contributed by atoms with Crippen molar-refractivity contribution in [3.63, 3.8) is 0 Å². The molecular weight excluding hydrogens is 326 g/mol. The van der Waals surface area contributed by atoms with E-state index in [0.29, 0.717) is 22.9 Å². The molecule has 1 heterocycles. The lowest BCUT2D eigenvalue weighted by atomic mass is 10.1. The molecular formula is C21H15N3O2. The number of nitrogens with one attached hydrogen (secondary N) is 1. The minimum Gasteiger partial charge on any atom is -0.437 e. The van der Waals surface area contributed by atoms with Crippen LogP contribution in [0.3, 0.4) is 0 Å². The number of rotatable bonds is 4. The fraction of sp³-hybridized carbons (Fsp3) is 0. The maximum atomic E-state index is 12.6. The number of fused-ring (bicyclic) bond motifs is 1. The largest absolute Gasteiger partial charge is 0.437 e. The van der Waals surface area contributed by atoms with Gasteiger partial charge < -0.3 is 10.1 Å². The minimum atomic E-state index is -0.174. The van der Waals surface area contributed by atoms with E-state index < -0.39 is 0 Å². The van der Waals surface area contributed by atoms with E-state index in [0.717, 1.165) is 10.8 Å². The quantitative estimate of drug-likeness (QED) is 0.586. The average Bonchev–Trinajstić information content (AvgIpc) is 2.68. The molecule has 0 fully saturated rings. The van der Waals surface area contributed by atoms with Crippen molar-refractivity contribution in [2.75, 3.05) is 5.32 Å². The van der Waals surface area contributed by atoms with Crippen molar-refractivity contribution < 1.29 is 9.53 Å². The minimum absolute atomic E-state index is 0.174. The van der Waals surface area contributed by atoms with Crippen molar-refractivity contribution in [1.29, 1.82) is 0 Å². The second kappa shape index (κ2) is 7.03. The van der Waals surface area contributed by atoms with Gasteiger partial charge in [-0.2, -0.15) is 0 Å². The Morgan fingerprint density at radius 2 is 1.77 bits per heavy atom. The molecule has 1 amide bonds. The van der Waals surface area contributed by atoms with Gasteiger partial charge in [-0.05, 0) is 35.0 Å². The molecule has 0 aliphatic rings. The van der Waals surface area contributed by atoms with Gasteiger partial charge in [0.25, 0.3) is 5.91 Å². The summed E-state index contributed by atoms with van der Waals surface area (Å²) in [5.41, 5.74) is 1.24. The van der Waals surface area contributed by atoms with Crippen molar-refractivity contribution in [2.24, 2.45) is 0 Å². The number of hydrogen-bond donors (Lipinski definition) is 1. The molecule has 0 aliphatic carbocycles. The summed E-state index contributed by atoms with van der Waals surface area (Å²) in [5.74, 6) is 0.791. The van der Waals surface area contributed by atoms with Crippen LogP contribution in [-0.4, -0.2) is 15.9 Å². The van der Waals surface area contributed by atoms with Crippen molar-refractivity contribution in [3.05, 3.63) is 90.9 Å². The smallest absolute Gasteiger partial charge is 0.255 e. The molecule has 126 valence electrons. The zero-order valence-corrected chi connectivity index (χ0v) is 13.8. The first-order valence-electron chi connectivity index (χ1n) is 8.12. The van der Waals surface area contributed by atoms with Gasteiger partial charge >= 0.3 is 0 Å². The molecule has 0 bridgehead atoms. The van der Waals surface area contributed by atoms with Crippen LogP contribution in [0.1, 0.15) is 10.4 Å². The molecule has 5 nitrogen and oxygen atoms in total. The van der Waals surface area contributed by atoms with Crippen LogP contribution in [-0.2, 0) is 0 Å². The van der Waals surface area contributed by atoms with E-state index in [9.17, 15) is 4.79 Å². The summed E-state index contributed by atoms with van der Waals surface area (Å²) in [7, 11) is 0. The third-order valence-electron chi connectivity index (χ3n) is 3.87. The standard InChI is InChI=1S/C21H15N3O2/c25-21(17-9-8-15-4-1-2-5-16(15)12-17)24-18-6-3-7-19(13-18)26-20-14-22-10-11-23-20/h1-14H,(H,24,25). The number of nitrogens with zero attached hydrogens (tertiary/aromatic N) is 2. The molecule has 1 N–H and O–H groups in total. The molecule has 0 spiro atoms. The Morgan fingerprint density at radius 1 is 0.885 bits per heavy atom. The lowest BCUT2D eigenvalue weighted by molar-refractivity contribution is 0.102. The number of benzene rings is 3. The van der Waals surface area contributed by atoms with Crippen LogP contribution in [0.4, 0.5) is 5.69 Å². The number of hydrogen-bond acceptors (Lipinski definition) is 4. The number of carbonyl (C=O) groups is 1. The first-order chi connectivity index (χ1) is 12.8. The van der Waals surface area contributed by atoms with E-state index in [-0.39, 0.29) is 5.91 Å². The predicted molar refractivity (Wildman–Crippen MR) is 100 cm³/mol. The van der Waals surface area contributed by atoms with Crippen LogP contribution in [0.15, 0.2) is 85.3 Å². The van der Waals surface area contributed by atoms with E-state index in [2.05, 4.69) is 15.3 Å². The topological polar surface area (TPSA) is 64.1 Å². The first kappa shape index (κ1) is 15.8.